The smallest absolute Gasteiger partial charge is 0.217 e. The van der Waals surface area contributed by atoms with Crippen LogP contribution in [0.15, 0.2) is 53.4 Å². The van der Waals surface area contributed by atoms with Crippen molar-refractivity contribution in [2.45, 2.75) is 90.6 Å². The summed E-state index contributed by atoms with van der Waals surface area (Å²) in [5.41, 5.74) is 5.47. The Balaban J connectivity index is 1.59. The van der Waals surface area contributed by atoms with Crippen LogP contribution in [0.25, 0.3) is 11.1 Å². The van der Waals surface area contributed by atoms with Gasteiger partial charge in [-0.3, -0.25) is 0 Å². The fraction of sp³-hybridized carbons (Fsp3) is 0.562. The topological polar surface area (TPSA) is 75.5 Å². The lowest BCUT2D eigenvalue weighted by molar-refractivity contribution is 0.198. The van der Waals surface area contributed by atoms with Gasteiger partial charge in [0.2, 0.25) is 5.88 Å². The van der Waals surface area contributed by atoms with E-state index in [-0.39, 0.29) is 11.7 Å². The Morgan fingerprint density at radius 1 is 1.03 bits per heavy atom. The second kappa shape index (κ2) is 11.8. The van der Waals surface area contributed by atoms with Gasteiger partial charge in [0, 0.05) is 24.3 Å². The van der Waals surface area contributed by atoms with Crippen molar-refractivity contribution in [3.8, 4) is 5.88 Å². The predicted octanol–water partition coefficient (Wildman–Crippen LogP) is 7.51. The fourth-order valence-electron chi connectivity index (χ4n) is 6.32. The van der Waals surface area contributed by atoms with Gasteiger partial charge in [-0.25, -0.2) is 4.98 Å². The second-order valence-electron chi connectivity index (χ2n) is 11.1. The van der Waals surface area contributed by atoms with Crippen LogP contribution in [0, 0.1) is 17.8 Å². The summed E-state index contributed by atoms with van der Waals surface area (Å²) in [6, 6.07) is 2.01. The summed E-state index contributed by atoms with van der Waals surface area (Å²) in [7, 11) is 0. The summed E-state index contributed by atoms with van der Waals surface area (Å²) in [6.45, 7) is 5.06. The highest BCUT2D eigenvalue weighted by molar-refractivity contribution is 5.78. The molecule has 5 nitrogen and oxygen atoms in total. The van der Waals surface area contributed by atoms with Gasteiger partial charge in [-0.1, -0.05) is 63.5 Å². The molecule has 0 aromatic carbocycles. The minimum absolute atomic E-state index is 0.203. The number of aliphatic hydroxyl groups is 2. The molecule has 0 bridgehead atoms. The number of ether oxygens (including phenoxy) is 1. The average molecular weight is 503 g/mol. The van der Waals surface area contributed by atoms with Gasteiger partial charge in [0.15, 0.2) is 5.82 Å². The standard InChI is InChI=1S/C32H42N2O3/c1-3-5-11-21(4-2)20-37-29-19-26(33-32(34-29)31-27(35)16-10-17-28(31)36)30-24-14-8-6-12-22(24)18-23-13-7-9-15-25(23)30/h6,8,12,14,18-19,21-22,24,27,35-36H,3-5,7,9-11,13,15-17,20H2,1-2H3. The molecule has 4 aliphatic carbocycles. The van der Waals surface area contributed by atoms with E-state index in [1.54, 1.807) is 0 Å². The van der Waals surface area contributed by atoms with Gasteiger partial charge in [0.25, 0.3) is 0 Å². The van der Waals surface area contributed by atoms with Crippen LogP contribution in [0.1, 0.15) is 96.0 Å². The first-order valence-electron chi connectivity index (χ1n) is 14.5. The number of hydrogen-bond donors (Lipinski definition) is 2. The first-order chi connectivity index (χ1) is 18.1. The first kappa shape index (κ1) is 26.0. The zero-order valence-electron chi connectivity index (χ0n) is 22.5. The summed E-state index contributed by atoms with van der Waals surface area (Å²) in [4.78, 5) is 9.82. The minimum Gasteiger partial charge on any atom is -0.512 e. The molecule has 0 saturated heterocycles. The number of aliphatic hydroxyl groups excluding tert-OH is 2. The molecule has 1 aromatic heterocycles. The van der Waals surface area contributed by atoms with Gasteiger partial charge in [0.05, 0.1) is 24.0 Å². The van der Waals surface area contributed by atoms with Crippen molar-refractivity contribution in [2.75, 3.05) is 6.61 Å². The molecule has 1 aromatic rings. The normalized spacial score (nSPS) is 26.0. The number of rotatable bonds is 9. The largest absolute Gasteiger partial charge is 0.512 e. The average Bonchev–Trinajstić information content (AvgIpc) is 2.91. The van der Waals surface area contributed by atoms with E-state index in [9.17, 15) is 10.2 Å². The maximum Gasteiger partial charge on any atom is 0.217 e. The van der Waals surface area contributed by atoms with Gasteiger partial charge in [0.1, 0.15) is 5.76 Å². The van der Waals surface area contributed by atoms with E-state index in [4.69, 9.17) is 14.7 Å². The highest BCUT2D eigenvalue weighted by Crippen LogP contribution is 2.47. The van der Waals surface area contributed by atoms with Crippen molar-refractivity contribution in [2.24, 2.45) is 17.8 Å². The Morgan fingerprint density at radius 2 is 1.86 bits per heavy atom. The molecule has 5 heteroatoms. The van der Waals surface area contributed by atoms with Crippen LogP contribution in [0.5, 0.6) is 5.88 Å². The van der Waals surface area contributed by atoms with E-state index < -0.39 is 6.10 Å². The predicted molar refractivity (Wildman–Crippen MR) is 149 cm³/mol. The Kier molecular flexibility index (Phi) is 8.29. The molecule has 1 heterocycles. The zero-order valence-corrected chi connectivity index (χ0v) is 22.5. The molecule has 198 valence electrons. The minimum atomic E-state index is -0.760. The Morgan fingerprint density at radius 3 is 2.68 bits per heavy atom. The molecule has 0 spiro atoms. The molecule has 37 heavy (non-hydrogen) atoms. The van der Waals surface area contributed by atoms with Gasteiger partial charge in [-0.2, -0.15) is 4.98 Å². The van der Waals surface area contributed by atoms with Crippen LogP contribution in [0.3, 0.4) is 0 Å². The summed E-state index contributed by atoms with van der Waals surface area (Å²) >= 11 is 0. The maximum absolute atomic E-state index is 10.8. The summed E-state index contributed by atoms with van der Waals surface area (Å²) in [5.74, 6) is 2.19. The van der Waals surface area contributed by atoms with E-state index >= 15 is 0 Å². The first-order valence-corrected chi connectivity index (χ1v) is 14.5. The SMILES string of the molecule is CCCCC(CC)COc1cc(C2=C3CCCCC3=CC3C=CC=CC23)nc(C2=C(O)CCCC2O)n1. The van der Waals surface area contributed by atoms with Crippen LogP contribution < -0.4 is 4.74 Å². The lowest BCUT2D eigenvalue weighted by atomic mass is 9.70. The van der Waals surface area contributed by atoms with Crippen molar-refractivity contribution >= 4 is 11.1 Å². The van der Waals surface area contributed by atoms with Crippen molar-refractivity contribution in [3.63, 3.8) is 0 Å². The quantitative estimate of drug-likeness (QED) is 0.365. The van der Waals surface area contributed by atoms with E-state index in [0.717, 1.165) is 37.8 Å². The number of fused-ring (bicyclic) bond motifs is 2. The van der Waals surface area contributed by atoms with Crippen molar-refractivity contribution in [1.29, 1.82) is 0 Å². The third-order valence-corrected chi connectivity index (χ3v) is 8.51. The molecule has 4 aliphatic rings. The molecule has 2 N–H and O–H groups in total. The maximum atomic E-state index is 10.8. The van der Waals surface area contributed by atoms with E-state index in [2.05, 4.69) is 44.2 Å². The highest BCUT2D eigenvalue weighted by atomic mass is 16.5. The Hall–Kier alpha value is -2.66. The van der Waals surface area contributed by atoms with E-state index in [0.29, 0.717) is 48.6 Å². The van der Waals surface area contributed by atoms with Crippen molar-refractivity contribution in [3.05, 3.63) is 64.9 Å². The number of aromatic nitrogens is 2. The number of nitrogens with zero attached hydrogens (tertiary/aromatic N) is 2. The Labute approximate surface area is 221 Å². The Bertz CT molecular complexity index is 1140. The zero-order chi connectivity index (χ0) is 25.8. The number of allylic oxidation sites excluding steroid dienone is 9. The highest BCUT2D eigenvalue weighted by Gasteiger charge is 2.34. The molecule has 1 saturated carbocycles. The molecule has 0 aliphatic heterocycles. The van der Waals surface area contributed by atoms with Crippen LogP contribution in [-0.4, -0.2) is 32.9 Å². The second-order valence-corrected chi connectivity index (χ2v) is 11.1. The molecule has 0 radical (unpaired) electrons. The molecule has 1 fully saturated rings. The van der Waals surface area contributed by atoms with Crippen molar-refractivity contribution < 1.29 is 14.9 Å². The third kappa shape index (κ3) is 5.62. The lowest BCUT2D eigenvalue weighted by Gasteiger charge is -2.35. The molecule has 4 atom stereocenters. The van der Waals surface area contributed by atoms with E-state index in [1.807, 2.05) is 6.07 Å². The molecular formula is C32H42N2O3. The monoisotopic (exact) mass is 502 g/mol. The van der Waals surface area contributed by atoms with Crippen molar-refractivity contribution in [1.82, 2.24) is 9.97 Å². The van der Waals surface area contributed by atoms with Crippen LogP contribution >= 0.6 is 0 Å². The molecule has 4 unspecified atom stereocenters. The number of hydrogen-bond acceptors (Lipinski definition) is 5. The van der Waals surface area contributed by atoms with E-state index in [1.165, 1.54) is 42.4 Å². The molecule has 0 amide bonds. The lowest BCUT2D eigenvalue weighted by Crippen LogP contribution is -2.23. The third-order valence-electron chi connectivity index (χ3n) is 8.51. The molecule has 5 rings (SSSR count). The number of unbranched alkanes of at least 4 members (excludes halogenated alkanes) is 1. The fourth-order valence-corrected chi connectivity index (χ4v) is 6.32. The van der Waals surface area contributed by atoms with Crippen LogP contribution in [0.2, 0.25) is 0 Å². The van der Waals surface area contributed by atoms with Gasteiger partial charge in [-0.15, -0.1) is 0 Å². The van der Waals surface area contributed by atoms with Crippen LogP contribution in [0.4, 0.5) is 0 Å². The van der Waals surface area contributed by atoms with Gasteiger partial charge >= 0.3 is 0 Å². The van der Waals surface area contributed by atoms with Crippen LogP contribution in [-0.2, 0) is 0 Å². The van der Waals surface area contributed by atoms with Gasteiger partial charge < -0.3 is 14.9 Å². The summed E-state index contributed by atoms with van der Waals surface area (Å²) < 4.78 is 6.36. The molecular weight excluding hydrogens is 460 g/mol. The summed E-state index contributed by atoms with van der Waals surface area (Å²) in [6.07, 6.45) is 21.7. The van der Waals surface area contributed by atoms with Gasteiger partial charge in [-0.05, 0) is 67.6 Å². The summed E-state index contributed by atoms with van der Waals surface area (Å²) in [5, 5.41) is 21.6.